The van der Waals surface area contributed by atoms with E-state index in [0.717, 1.165) is 28.3 Å². The SMILES string of the molecule is COc1ccc(C(CNC(=O)c2ccc(OCc3c(C)noc3C)cc2)N(C)C)cc1. The second-order valence-corrected chi connectivity index (χ2v) is 7.58. The van der Waals surface area contributed by atoms with Crippen LogP contribution in [0.3, 0.4) is 0 Å². The number of aryl methyl sites for hydroxylation is 2. The second-order valence-electron chi connectivity index (χ2n) is 7.58. The van der Waals surface area contributed by atoms with E-state index in [1.54, 1.807) is 31.4 Å². The van der Waals surface area contributed by atoms with E-state index in [2.05, 4.69) is 15.4 Å². The van der Waals surface area contributed by atoms with E-state index in [9.17, 15) is 4.79 Å². The molecule has 7 heteroatoms. The second kappa shape index (κ2) is 10.1. The Hall–Kier alpha value is -3.32. The first-order chi connectivity index (χ1) is 14.9. The van der Waals surface area contributed by atoms with Gasteiger partial charge in [0, 0.05) is 12.1 Å². The van der Waals surface area contributed by atoms with Crippen molar-refractivity contribution >= 4 is 5.91 Å². The molecule has 2 aromatic carbocycles. The van der Waals surface area contributed by atoms with E-state index in [0.29, 0.717) is 24.5 Å². The van der Waals surface area contributed by atoms with Gasteiger partial charge in [0.2, 0.25) is 0 Å². The molecule has 164 valence electrons. The van der Waals surface area contributed by atoms with Gasteiger partial charge in [0.15, 0.2) is 0 Å². The fraction of sp³-hybridized carbons (Fsp3) is 0.333. The summed E-state index contributed by atoms with van der Waals surface area (Å²) < 4.78 is 16.2. The molecule has 3 aromatic rings. The van der Waals surface area contributed by atoms with Crippen molar-refractivity contribution in [2.45, 2.75) is 26.5 Å². The number of amides is 1. The largest absolute Gasteiger partial charge is 0.497 e. The first-order valence-corrected chi connectivity index (χ1v) is 10.1. The van der Waals surface area contributed by atoms with Crippen LogP contribution in [-0.2, 0) is 6.61 Å². The Kier molecular flexibility index (Phi) is 7.31. The maximum atomic E-state index is 12.6. The number of carbonyl (C=O) groups is 1. The Bertz CT molecular complexity index is 975. The van der Waals surface area contributed by atoms with Crippen LogP contribution >= 0.6 is 0 Å². The number of benzene rings is 2. The first-order valence-electron chi connectivity index (χ1n) is 10.1. The molecule has 1 N–H and O–H groups in total. The summed E-state index contributed by atoms with van der Waals surface area (Å²) in [6.45, 7) is 4.61. The van der Waals surface area contributed by atoms with Gasteiger partial charge in [-0.15, -0.1) is 0 Å². The summed E-state index contributed by atoms with van der Waals surface area (Å²) in [6.07, 6.45) is 0. The van der Waals surface area contributed by atoms with Crippen molar-refractivity contribution in [2.75, 3.05) is 27.7 Å². The Balaban J connectivity index is 1.57. The van der Waals surface area contributed by atoms with Gasteiger partial charge in [-0.05, 0) is 69.9 Å². The van der Waals surface area contributed by atoms with Gasteiger partial charge in [-0.25, -0.2) is 0 Å². The summed E-state index contributed by atoms with van der Waals surface area (Å²) in [5, 5.41) is 6.95. The van der Waals surface area contributed by atoms with Crippen molar-refractivity contribution in [3.8, 4) is 11.5 Å². The molecule has 0 fully saturated rings. The van der Waals surface area contributed by atoms with Crippen molar-refractivity contribution in [3.63, 3.8) is 0 Å². The van der Waals surface area contributed by atoms with Crippen LogP contribution in [0.2, 0.25) is 0 Å². The molecule has 0 bridgehead atoms. The lowest BCUT2D eigenvalue weighted by Gasteiger charge is -2.25. The third kappa shape index (κ3) is 5.64. The zero-order chi connectivity index (χ0) is 22.4. The highest BCUT2D eigenvalue weighted by Gasteiger charge is 2.16. The molecule has 0 aliphatic rings. The summed E-state index contributed by atoms with van der Waals surface area (Å²) in [7, 11) is 5.63. The molecule has 1 atom stereocenters. The van der Waals surface area contributed by atoms with E-state index < -0.39 is 0 Å². The Morgan fingerprint density at radius 1 is 1.06 bits per heavy atom. The molecular formula is C24H29N3O4. The van der Waals surface area contributed by atoms with Gasteiger partial charge in [0.25, 0.3) is 5.91 Å². The van der Waals surface area contributed by atoms with E-state index in [-0.39, 0.29) is 11.9 Å². The highest BCUT2D eigenvalue weighted by molar-refractivity contribution is 5.94. The lowest BCUT2D eigenvalue weighted by Crippen LogP contribution is -2.34. The van der Waals surface area contributed by atoms with Crippen LogP contribution < -0.4 is 14.8 Å². The van der Waals surface area contributed by atoms with Crippen molar-refractivity contribution in [1.82, 2.24) is 15.4 Å². The van der Waals surface area contributed by atoms with Gasteiger partial charge in [-0.1, -0.05) is 17.3 Å². The molecule has 7 nitrogen and oxygen atoms in total. The zero-order valence-electron chi connectivity index (χ0n) is 18.6. The molecule has 0 saturated heterocycles. The highest BCUT2D eigenvalue weighted by atomic mass is 16.5. The van der Waals surface area contributed by atoms with Gasteiger partial charge in [0.1, 0.15) is 23.9 Å². The van der Waals surface area contributed by atoms with Crippen LogP contribution in [0.5, 0.6) is 11.5 Å². The standard InChI is InChI=1S/C24H29N3O4/c1-16-22(17(2)31-26-16)15-30-21-12-8-19(9-13-21)24(28)25-14-23(27(3)4)18-6-10-20(29-5)11-7-18/h6-13,23H,14-15H2,1-5H3,(H,25,28). The maximum Gasteiger partial charge on any atom is 0.251 e. The van der Waals surface area contributed by atoms with E-state index in [1.807, 2.05) is 52.2 Å². The number of methoxy groups -OCH3 is 1. The molecular weight excluding hydrogens is 394 g/mol. The van der Waals surface area contributed by atoms with Gasteiger partial charge in [0.05, 0.1) is 24.4 Å². The van der Waals surface area contributed by atoms with Crippen LogP contribution in [0.25, 0.3) is 0 Å². The number of likely N-dealkylation sites (N-methyl/N-ethyl adjacent to an activating group) is 1. The van der Waals surface area contributed by atoms with Crippen LogP contribution in [0, 0.1) is 13.8 Å². The van der Waals surface area contributed by atoms with Gasteiger partial charge >= 0.3 is 0 Å². The maximum absolute atomic E-state index is 12.6. The lowest BCUT2D eigenvalue weighted by molar-refractivity contribution is 0.0942. The number of rotatable bonds is 9. The van der Waals surface area contributed by atoms with Crippen molar-refractivity contribution < 1.29 is 18.8 Å². The minimum Gasteiger partial charge on any atom is -0.497 e. The Labute approximate surface area is 182 Å². The third-order valence-electron chi connectivity index (χ3n) is 5.26. The summed E-state index contributed by atoms with van der Waals surface area (Å²) in [5.41, 5.74) is 3.45. The third-order valence-corrected chi connectivity index (χ3v) is 5.26. The van der Waals surface area contributed by atoms with Crippen molar-refractivity contribution in [1.29, 1.82) is 0 Å². The number of ether oxygens (including phenoxy) is 2. The van der Waals surface area contributed by atoms with E-state index >= 15 is 0 Å². The monoisotopic (exact) mass is 423 g/mol. The number of hydrogen-bond donors (Lipinski definition) is 1. The number of hydrogen-bond acceptors (Lipinski definition) is 6. The summed E-state index contributed by atoms with van der Waals surface area (Å²) in [4.78, 5) is 14.7. The molecule has 0 spiro atoms. The number of nitrogens with one attached hydrogen (secondary N) is 1. The molecule has 0 saturated carbocycles. The predicted molar refractivity (Wildman–Crippen MR) is 119 cm³/mol. The highest BCUT2D eigenvalue weighted by Crippen LogP contribution is 2.21. The quantitative estimate of drug-likeness (QED) is 0.562. The number of carbonyl (C=O) groups excluding carboxylic acids is 1. The average Bonchev–Trinajstić information content (AvgIpc) is 3.10. The average molecular weight is 424 g/mol. The van der Waals surface area contributed by atoms with Crippen LogP contribution in [0.4, 0.5) is 0 Å². The molecule has 1 heterocycles. The van der Waals surface area contributed by atoms with Crippen LogP contribution in [0.1, 0.15) is 39.0 Å². The summed E-state index contributed by atoms with van der Waals surface area (Å²) in [6, 6.07) is 15.0. The fourth-order valence-electron chi connectivity index (χ4n) is 3.28. The molecule has 0 aliphatic heterocycles. The topological polar surface area (TPSA) is 76.8 Å². The first kappa shape index (κ1) is 22.4. The van der Waals surface area contributed by atoms with Crippen molar-refractivity contribution in [3.05, 3.63) is 76.7 Å². The van der Waals surface area contributed by atoms with Crippen LogP contribution in [-0.4, -0.2) is 43.7 Å². The molecule has 1 unspecified atom stereocenters. The minimum atomic E-state index is -0.127. The molecule has 1 amide bonds. The Morgan fingerprint density at radius 3 is 2.26 bits per heavy atom. The van der Waals surface area contributed by atoms with Gasteiger partial charge < -0.3 is 24.2 Å². The zero-order valence-corrected chi connectivity index (χ0v) is 18.6. The smallest absolute Gasteiger partial charge is 0.251 e. The number of nitrogens with zero attached hydrogens (tertiary/aromatic N) is 2. The summed E-state index contributed by atoms with van der Waals surface area (Å²) in [5.74, 6) is 2.11. The Morgan fingerprint density at radius 2 is 1.71 bits per heavy atom. The molecule has 0 aliphatic carbocycles. The molecule has 3 rings (SSSR count). The number of aromatic nitrogens is 1. The fourth-order valence-corrected chi connectivity index (χ4v) is 3.28. The van der Waals surface area contributed by atoms with E-state index in [4.69, 9.17) is 14.0 Å². The predicted octanol–water partition coefficient (Wildman–Crippen LogP) is 3.91. The molecule has 1 aromatic heterocycles. The minimum absolute atomic E-state index is 0.0486. The summed E-state index contributed by atoms with van der Waals surface area (Å²) >= 11 is 0. The van der Waals surface area contributed by atoms with Gasteiger partial charge in [-0.2, -0.15) is 0 Å². The van der Waals surface area contributed by atoms with Crippen LogP contribution in [0.15, 0.2) is 53.1 Å². The van der Waals surface area contributed by atoms with E-state index in [1.165, 1.54) is 0 Å². The van der Waals surface area contributed by atoms with Crippen molar-refractivity contribution in [2.24, 2.45) is 0 Å². The van der Waals surface area contributed by atoms with Gasteiger partial charge in [-0.3, -0.25) is 4.79 Å². The lowest BCUT2D eigenvalue weighted by atomic mass is 10.1. The molecule has 0 radical (unpaired) electrons. The molecule has 31 heavy (non-hydrogen) atoms. The normalized spacial score (nSPS) is 11.9.